The van der Waals surface area contributed by atoms with E-state index >= 15 is 0 Å². The van der Waals surface area contributed by atoms with Crippen LogP contribution in [0.5, 0.6) is 0 Å². The summed E-state index contributed by atoms with van der Waals surface area (Å²) in [5.74, 6) is 0.883. The van der Waals surface area contributed by atoms with Crippen molar-refractivity contribution in [3.63, 3.8) is 0 Å². The summed E-state index contributed by atoms with van der Waals surface area (Å²) in [6.45, 7) is 8.60. The van der Waals surface area contributed by atoms with Crippen molar-refractivity contribution < 1.29 is 4.79 Å². The van der Waals surface area contributed by atoms with Gasteiger partial charge in [0.25, 0.3) is 0 Å². The Bertz CT molecular complexity index is 319. The highest BCUT2D eigenvalue weighted by molar-refractivity contribution is 5.84. The Balaban J connectivity index is 1.99. The number of likely N-dealkylation sites (N-methyl/N-ethyl adjacent to an activating group) is 1. The molecule has 2 rings (SSSR count). The largest absolute Gasteiger partial charge is 0.324 e. The summed E-state index contributed by atoms with van der Waals surface area (Å²) in [5.41, 5.74) is 0. The van der Waals surface area contributed by atoms with Crippen molar-refractivity contribution >= 4 is 5.91 Å². The Labute approximate surface area is 117 Å². The number of nitrogens with one attached hydrogen (secondary N) is 1. The topological polar surface area (TPSA) is 35.6 Å². The third-order valence-corrected chi connectivity index (χ3v) is 4.52. The van der Waals surface area contributed by atoms with Crippen molar-refractivity contribution in [1.29, 1.82) is 0 Å². The van der Waals surface area contributed by atoms with E-state index in [4.69, 9.17) is 0 Å². The number of nitrogens with zero attached hydrogens (tertiary/aromatic N) is 2. The number of hydrogen-bond donors (Lipinski definition) is 1. The predicted molar refractivity (Wildman–Crippen MR) is 77.8 cm³/mol. The van der Waals surface area contributed by atoms with Crippen LogP contribution in [0.25, 0.3) is 0 Å². The van der Waals surface area contributed by atoms with E-state index in [-0.39, 0.29) is 12.2 Å². The molecular weight excluding hydrogens is 238 g/mol. The Kier molecular flexibility index (Phi) is 4.85. The molecule has 0 aliphatic carbocycles. The molecule has 2 fully saturated rings. The van der Waals surface area contributed by atoms with E-state index in [0.29, 0.717) is 17.9 Å². The molecule has 1 N–H and O–H groups in total. The maximum absolute atomic E-state index is 12.5. The summed E-state index contributed by atoms with van der Waals surface area (Å²) >= 11 is 0. The molecule has 3 atom stereocenters. The number of hydrogen-bond acceptors (Lipinski definition) is 3. The van der Waals surface area contributed by atoms with Crippen LogP contribution in [0.1, 0.15) is 46.5 Å². The standard InChI is InChI=1S/C15H29N3O/c1-5-14-16-13(9-11(2)3)15(19)18(14)10-12-7-6-8-17(12)4/h11-14,16H,5-10H2,1-4H3. The minimum Gasteiger partial charge on any atom is -0.324 e. The number of rotatable bonds is 5. The third kappa shape index (κ3) is 3.29. The van der Waals surface area contributed by atoms with Crippen LogP contribution in [0.2, 0.25) is 0 Å². The van der Waals surface area contributed by atoms with Gasteiger partial charge in [0.05, 0.1) is 12.2 Å². The van der Waals surface area contributed by atoms with Crippen LogP contribution >= 0.6 is 0 Å². The maximum atomic E-state index is 12.5. The summed E-state index contributed by atoms with van der Waals surface area (Å²) in [7, 11) is 2.18. The van der Waals surface area contributed by atoms with E-state index in [9.17, 15) is 4.79 Å². The molecule has 0 aromatic rings. The summed E-state index contributed by atoms with van der Waals surface area (Å²) in [5, 5.41) is 3.52. The first kappa shape index (κ1) is 14.8. The lowest BCUT2D eigenvalue weighted by Gasteiger charge is -2.29. The highest BCUT2D eigenvalue weighted by Crippen LogP contribution is 2.23. The molecule has 0 saturated carbocycles. The molecule has 19 heavy (non-hydrogen) atoms. The van der Waals surface area contributed by atoms with Crippen LogP contribution < -0.4 is 5.32 Å². The number of amides is 1. The third-order valence-electron chi connectivity index (χ3n) is 4.52. The normalized spacial score (nSPS) is 32.8. The fraction of sp³-hybridized carbons (Fsp3) is 0.933. The minimum absolute atomic E-state index is 0.0386. The molecule has 2 heterocycles. The summed E-state index contributed by atoms with van der Waals surface area (Å²) in [6, 6.07) is 0.592. The van der Waals surface area contributed by atoms with Gasteiger partial charge in [0.15, 0.2) is 0 Å². The molecule has 0 aromatic heterocycles. The van der Waals surface area contributed by atoms with Crippen LogP contribution in [-0.4, -0.2) is 54.1 Å². The fourth-order valence-electron chi connectivity index (χ4n) is 3.38. The molecule has 1 amide bonds. The Hall–Kier alpha value is -0.610. The molecule has 0 spiro atoms. The molecule has 3 unspecified atom stereocenters. The van der Waals surface area contributed by atoms with Crippen molar-refractivity contribution in [2.75, 3.05) is 20.1 Å². The van der Waals surface area contributed by atoms with Crippen LogP contribution in [0.4, 0.5) is 0 Å². The van der Waals surface area contributed by atoms with Crippen LogP contribution in [0, 0.1) is 5.92 Å². The zero-order valence-electron chi connectivity index (χ0n) is 12.9. The van der Waals surface area contributed by atoms with E-state index in [1.807, 2.05) is 0 Å². The Morgan fingerprint density at radius 2 is 2.16 bits per heavy atom. The predicted octanol–water partition coefficient (Wildman–Crippen LogP) is 1.66. The van der Waals surface area contributed by atoms with Crippen LogP contribution in [0.3, 0.4) is 0 Å². The highest BCUT2D eigenvalue weighted by Gasteiger charge is 2.39. The molecule has 2 aliphatic heterocycles. The van der Waals surface area contributed by atoms with Gasteiger partial charge in [-0.3, -0.25) is 10.1 Å². The molecule has 2 saturated heterocycles. The van der Waals surface area contributed by atoms with E-state index in [1.54, 1.807) is 0 Å². The van der Waals surface area contributed by atoms with Crippen molar-refractivity contribution in [2.45, 2.75) is 64.7 Å². The fourth-order valence-corrected chi connectivity index (χ4v) is 3.38. The monoisotopic (exact) mass is 267 g/mol. The van der Waals surface area contributed by atoms with Gasteiger partial charge >= 0.3 is 0 Å². The molecule has 4 nitrogen and oxygen atoms in total. The molecule has 0 aromatic carbocycles. The average molecular weight is 267 g/mol. The highest BCUT2D eigenvalue weighted by atomic mass is 16.2. The first-order chi connectivity index (χ1) is 9.02. The summed E-state index contributed by atoms with van der Waals surface area (Å²) in [4.78, 5) is 17.0. The van der Waals surface area contributed by atoms with Gasteiger partial charge in [-0.25, -0.2) is 0 Å². The minimum atomic E-state index is 0.0386. The van der Waals surface area contributed by atoms with Gasteiger partial charge in [-0.15, -0.1) is 0 Å². The van der Waals surface area contributed by atoms with Crippen molar-refractivity contribution in [3.05, 3.63) is 0 Å². The average Bonchev–Trinajstić information content (AvgIpc) is 2.87. The molecule has 4 heteroatoms. The molecule has 2 aliphatic rings. The molecule has 0 bridgehead atoms. The zero-order valence-corrected chi connectivity index (χ0v) is 12.9. The van der Waals surface area contributed by atoms with E-state index in [2.05, 4.69) is 42.9 Å². The number of likely N-dealkylation sites (tertiary alicyclic amines) is 1. The van der Waals surface area contributed by atoms with Crippen molar-refractivity contribution in [2.24, 2.45) is 5.92 Å². The van der Waals surface area contributed by atoms with Crippen molar-refractivity contribution in [3.8, 4) is 0 Å². The second-order valence-electron chi connectivity index (χ2n) is 6.54. The van der Waals surface area contributed by atoms with Gasteiger partial charge in [0.2, 0.25) is 5.91 Å². The van der Waals surface area contributed by atoms with Gasteiger partial charge in [-0.05, 0) is 45.2 Å². The molecular formula is C15H29N3O. The number of carbonyl (C=O) groups is 1. The van der Waals surface area contributed by atoms with E-state index in [0.717, 1.165) is 19.4 Å². The van der Waals surface area contributed by atoms with Gasteiger partial charge in [0.1, 0.15) is 0 Å². The van der Waals surface area contributed by atoms with E-state index < -0.39 is 0 Å². The molecule has 0 radical (unpaired) electrons. The quantitative estimate of drug-likeness (QED) is 0.823. The first-order valence-corrected chi connectivity index (χ1v) is 7.79. The van der Waals surface area contributed by atoms with Gasteiger partial charge < -0.3 is 9.80 Å². The lowest BCUT2D eigenvalue weighted by Crippen LogP contribution is -2.44. The Morgan fingerprint density at radius 3 is 2.68 bits per heavy atom. The van der Waals surface area contributed by atoms with Gasteiger partial charge in [-0.2, -0.15) is 0 Å². The summed E-state index contributed by atoms with van der Waals surface area (Å²) < 4.78 is 0. The smallest absolute Gasteiger partial charge is 0.241 e. The van der Waals surface area contributed by atoms with Gasteiger partial charge in [0, 0.05) is 12.6 Å². The maximum Gasteiger partial charge on any atom is 0.241 e. The SMILES string of the molecule is CCC1NC(CC(C)C)C(=O)N1CC1CCCN1C. The second kappa shape index (κ2) is 6.23. The lowest BCUT2D eigenvalue weighted by molar-refractivity contribution is -0.131. The lowest BCUT2D eigenvalue weighted by atomic mass is 10.0. The van der Waals surface area contributed by atoms with E-state index in [1.165, 1.54) is 19.4 Å². The van der Waals surface area contributed by atoms with Crippen molar-refractivity contribution in [1.82, 2.24) is 15.1 Å². The second-order valence-corrected chi connectivity index (χ2v) is 6.54. The zero-order chi connectivity index (χ0) is 14.0. The first-order valence-electron chi connectivity index (χ1n) is 7.79. The number of carbonyl (C=O) groups excluding carboxylic acids is 1. The summed E-state index contributed by atoms with van der Waals surface area (Å²) in [6.07, 6.45) is 4.68. The van der Waals surface area contributed by atoms with Gasteiger partial charge in [-0.1, -0.05) is 20.8 Å². The van der Waals surface area contributed by atoms with Crippen LogP contribution in [-0.2, 0) is 4.79 Å². The van der Waals surface area contributed by atoms with Crippen LogP contribution in [0.15, 0.2) is 0 Å². The Morgan fingerprint density at radius 1 is 1.42 bits per heavy atom. The molecule has 110 valence electrons.